The molecule has 0 aliphatic heterocycles. The Kier molecular flexibility index (Phi) is 1.56. The molecular weight excluding hydrogens is 194 g/mol. The summed E-state index contributed by atoms with van der Waals surface area (Å²) < 4.78 is 2.82. The molecule has 72 valence electrons. The summed E-state index contributed by atoms with van der Waals surface area (Å²) in [7, 11) is 0. The molecule has 4 heteroatoms. The number of H-pyrrole nitrogens is 1. The van der Waals surface area contributed by atoms with Crippen LogP contribution >= 0.6 is 12.2 Å². The summed E-state index contributed by atoms with van der Waals surface area (Å²) in [4.78, 5) is 4.60. The third-order valence-corrected chi connectivity index (χ3v) is 3.19. The molecule has 2 aromatic rings. The van der Waals surface area contributed by atoms with E-state index in [2.05, 4.69) is 10.1 Å². The number of hydrogen-bond donors (Lipinski definition) is 1. The molecule has 0 bridgehead atoms. The average molecular weight is 205 g/mol. The zero-order valence-electron chi connectivity index (χ0n) is 8.00. The predicted octanol–water partition coefficient (Wildman–Crippen LogP) is 2.19. The number of fused-ring (bicyclic) bond motifs is 2. The summed E-state index contributed by atoms with van der Waals surface area (Å²) in [5.74, 6) is 0. The van der Waals surface area contributed by atoms with Gasteiger partial charge in [-0.15, -0.1) is 0 Å². The maximum Gasteiger partial charge on any atom is 0.154 e. The van der Waals surface area contributed by atoms with E-state index in [0.29, 0.717) is 0 Å². The van der Waals surface area contributed by atoms with Crippen molar-refractivity contribution in [2.45, 2.75) is 26.2 Å². The van der Waals surface area contributed by atoms with Crippen LogP contribution in [0.15, 0.2) is 6.07 Å². The van der Waals surface area contributed by atoms with Crippen molar-refractivity contribution in [2.75, 3.05) is 0 Å². The average Bonchev–Trinajstić information content (AvgIpc) is 2.71. The van der Waals surface area contributed by atoms with E-state index < -0.39 is 0 Å². The van der Waals surface area contributed by atoms with Gasteiger partial charge in [-0.3, -0.25) is 5.10 Å². The Morgan fingerprint density at radius 2 is 2.36 bits per heavy atom. The Hall–Kier alpha value is -1.16. The van der Waals surface area contributed by atoms with Crippen LogP contribution in [0.5, 0.6) is 0 Å². The number of nitrogens with zero attached hydrogens (tertiary/aromatic N) is 2. The van der Waals surface area contributed by atoms with Gasteiger partial charge in [-0.25, -0.2) is 9.50 Å². The van der Waals surface area contributed by atoms with Gasteiger partial charge < -0.3 is 0 Å². The monoisotopic (exact) mass is 205 g/mol. The van der Waals surface area contributed by atoms with Crippen LogP contribution in [0.3, 0.4) is 0 Å². The molecule has 3 rings (SSSR count). The van der Waals surface area contributed by atoms with Gasteiger partial charge in [0.05, 0.1) is 0 Å². The molecule has 2 heterocycles. The minimum Gasteiger partial charge on any atom is -0.296 e. The fourth-order valence-electron chi connectivity index (χ4n) is 2.12. The number of rotatable bonds is 0. The second kappa shape index (κ2) is 2.67. The summed E-state index contributed by atoms with van der Waals surface area (Å²) in [6, 6.07) is 2.04. The summed E-state index contributed by atoms with van der Waals surface area (Å²) in [5.41, 5.74) is 4.52. The van der Waals surface area contributed by atoms with Gasteiger partial charge in [0.1, 0.15) is 4.64 Å². The lowest BCUT2D eigenvalue weighted by atomic mass is 10.3. The second-order valence-corrected chi connectivity index (χ2v) is 4.22. The van der Waals surface area contributed by atoms with E-state index in [1.54, 1.807) is 0 Å². The molecule has 1 aliphatic rings. The number of aromatic amines is 1. The smallest absolute Gasteiger partial charge is 0.154 e. The van der Waals surface area contributed by atoms with E-state index in [9.17, 15) is 0 Å². The predicted molar refractivity (Wildman–Crippen MR) is 57.1 cm³/mol. The van der Waals surface area contributed by atoms with Crippen molar-refractivity contribution in [3.05, 3.63) is 27.7 Å². The van der Waals surface area contributed by atoms with E-state index in [1.165, 1.54) is 17.7 Å². The third kappa shape index (κ3) is 0.973. The number of nitrogens with one attached hydrogen (secondary N) is 1. The molecule has 3 nitrogen and oxygen atoms in total. The van der Waals surface area contributed by atoms with Crippen molar-refractivity contribution in [2.24, 2.45) is 0 Å². The highest BCUT2D eigenvalue weighted by Crippen LogP contribution is 2.22. The second-order valence-electron chi connectivity index (χ2n) is 3.83. The lowest BCUT2D eigenvalue weighted by Gasteiger charge is -2.00. The normalized spacial score (nSPS) is 14.9. The summed E-state index contributed by atoms with van der Waals surface area (Å²) in [6.45, 7) is 2.02. The van der Waals surface area contributed by atoms with Crippen LogP contribution in [-0.2, 0) is 12.8 Å². The topological polar surface area (TPSA) is 33.1 Å². The molecule has 1 aliphatic carbocycles. The van der Waals surface area contributed by atoms with E-state index in [4.69, 9.17) is 12.2 Å². The largest absolute Gasteiger partial charge is 0.296 e. The Bertz CT molecular complexity index is 564. The fraction of sp³-hybridized carbons (Fsp3) is 0.400. The van der Waals surface area contributed by atoms with Crippen LogP contribution in [0.1, 0.15) is 23.4 Å². The van der Waals surface area contributed by atoms with Crippen molar-refractivity contribution in [3.63, 3.8) is 0 Å². The molecule has 0 aromatic carbocycles. The lowest BCUT2D eigenvalue weighted by molar-refractivity contribution is 0.881. The zero-order valence-corrected chi connectivity index (χ0v) is 8.82. The van der Waals surface area contributed by atoms with Gasteiger partial charge in [0.2, 0.25) is 0 Å². The number of hydrogen-bond acceptors (Lipinski definition) is 2. The number of aromatic nitrogens is 3. The molecule has 14 heavy (non-hydrogen) atoms. The van der Waals surface area contributed by atoms with Crippen molar-refractivity contribution < 1.29 is 0 Å². The molecule has 0 atom stereocenters. The van der Waals surface area contributed by atoms with Crippen molar-refractivity contribution in [1.82, 2.24) is 14.6 Å². The van der Waals surface area contributed by atoms with E-state index in [1.807, 2.05) is 17.5 Å². The molecule has 2 aromatic heterocycles. The summed E-state index contributed by atoms with van der Waals surface area (Å²) in [6.07, 6.45) is 3.36. The first-order chi connectivity index (χ1) is 6.75. The summed E-state index contributed by atoms with van der Waals surface area (Å²) in [5, 5.41) is 3.21. The van der Waals surface area contributed by atoms with Crippen molar-refractivity contribution in [3.8, 4) is 0 Å². The maximum atomic E-state index is 5.43. The van der Waals surface area contributed by atoms with Crippen molar-refractivity contribution >= 4 is 17.9 Å². The van der Waals surface area contributed by atoms with Gasteiger partial charge in [-0.05, 0) is 26.2 Å². The molecular formula is C10H11N3S. The van der Waals surface area contributed by atoms with Crippen LogP contribution in [0.4, 0.5) is 0 Å². The Morgan fingerprint density at radius 1 is 1.50 bits per heavy atom. The SMILES string of the molecule is Cc1cc2nc3c(c(=S)n2[nH]1)CCC3. The molecule has 0 spiro atoms. The molecule has 0 radical (unpaired) electrons. The summed E-state index contributed by atoms with van der Waals surface area (Å²) >= 11 is 5.43. The van der Waals surface area contributed by atoms with E-state index in [0.717, 1.165) is 28.8 Å². The van der Waals surface area contributed by atoms with E-state index >= 15 is 0 Å². The lowest BCUT2D eigenvalue weighted by Crippen LogP contribution is -1.98. The van der Waals surface area contributed by atoms with Crippen LogP contribution < -0.4 is 0 Å². The highest BCUT2D eigenvalue weighted by atomic mass is 32.1. The maximum absolute atomic E-state index is 5.43. The molecule has 0 saturated carbocycles. The first-order valence-electron chi connectivity index (χ1n) is 4.86. The Balaban J connectivity index is 2.49. The Labute approximate surface area is 86.8 Å². The molecule has 0 unspecified atom stereocenters. The van der Waals surface area contributed by atoms with Gasteiger partial charge in [0.25, 0.3) is 0 Å². The zero-order chi connectivity index (χ0) is 9.71. The minimum atomic E-state index is 0.913. The van der Waals surface area contributed by atoms with Crippen LogP contribution in [0.25, 0.3) is 5.65 Å². The van der Waals surface area contributed by atoms with Crippen molar-refractivity contribution in [1.29, 1.82) is 0 Å². The molecule has 0 fully saturated rings. The standard InChI is InChI=1S/C10H11N3S/c1-6-5-9-11-8-4-2-3-7(8)10(14)13(9)12-6/h5,12H,2-4H2,1H3. The quantitative estimate of drug-likeness (QED) is 0.669. The molecule has 0 saturated heterocycles. The van der Waals surface area contributed by atoms with E-state index in [-0.39, 0.29) is 0 Å². The van der Waals surface area contributed by atoms with Gasteiger partial charge in [-0.2, -0.15) is 0 Å². The Morgan fingerprint density at radius 3 is 3.21 bits per heavy atom. The van der Waals surface area contributed by atoms with Crippen LogP contribution in [0, 0.1) is 11.6 Å². The van der Waals surface area contributed by atoms with Crippen LogP contribution in [-0.4, -0.2) is 14.6 Å². The highest BCUT2D eigenvalue weighted by Gasteiger charge is 2.16. The highest BCUT2D eigenvalue weighted by molar-refractivity contribution is 7.71. The van der Waals surface area contributed by atoms with Gasteiger partial charge in [0, 0.05) is 23.0 Å². The minimum absolute atomic E-state index is 0.913. The van der Waals surface area contributed by atoms with Gasteiger partial charge >= 0.3 is 0 Å². The fourth-order valence-corrected chi connectivity index (χ4v) is 2.48. The first kappa shape index (κ1) is 8.17. The van der Waals surface area contributed by atoms with Gasteiger partial charge in [-0.1, -0.05) is 12.2 Å². The third-order valence-electron chi connectivity index (χ3n) is 2.76. The molecule has 0 amide bonds. The van der Waals surface area contributed by atoms with Crippen LogP contribution in [0.2, 0.25) is 0 Å². The number of aryl methyl sites for hydroxylation is 2. The van der Waals surface area contributed by atoms with Gasteiger partial charge in [0.15, 0.2) is 5.65 Å². The first-order valence-corrected chi connectivity index (χ1v) is 5.26. The molecule has 1 N–H and O–H groups in total.